The fourth-order valence-electron chi connectivity index (χ4n) is 2.02. The molecule has 0 saturated heterocycles. The maximum absolute atomic E-state index is 12.4. The molecule has 0 aliphatic heterocycles. The van der Waals surface area contributed by atoms with Crippen molar-refractivity contribution < 1.29 is 4.79 Å². The van der Waals surface area contributed by atoms with Crippen LogP contribution in [0.1, 0.15) is 26.3 Å². The van der Waals surface area contributed by atoms with E-state index in [2.05, 4.69) is 5.32 Å². The highest BCUT2D eigenvalue weighted by Gasteiger charge is 2.22. The smallest absolute Gasteiger partial charge is 0.227 e. The van der Waals surface area contributed by atoms with E-state index in [0.717, 1.165) is 5.56 Å². The van der Waals surface area contributed by atoms with Gasteiger partial charge in [-0.1, -0.05) is 30.7 Å². The summed E-state index contributed by atoms with van der Waals surface area (Å²) in [6.07, 6.45) is 0. The van der Waals surface area contributed by atoms with Gasteiger partial charge in [0.05, 0.1) is 0 Å². The van der Waals surface area contributed by atoms with Crippen molar-refractivity contribution >= 4 is 17.5 Å². The van der Waals surface area contributed by atoms with E-state index in [1.54, 1.807) is 0 Å². The van der Waals surface area contributed by atoms with Crippen LogP contribution in [0.2, 0.25) is 5.02 Å². The third-order valence-corrected chi connectivity index (χ3v) is 3.32. The second kappa shape index (κ2) is 7.51. The fourth-order valence-corrected chi connectivity index (χ4v) is 2.24. The first-order chi connectivity index (χ1) is 8.95. The quantitative estimate of drug-likeness (QED) is 0.870. The van der Waals surface area contributed by atoms with Crippen molar-refractivity contribution in [3.63, 3.8) is 0 Å². The summed E-state index contributed by atoms with van der Waals surface area (Å²) in [4.78, 5) is 14.3. The minimum absolute atomic E-state index is 0.0217. The maximum atomic E-state index is 12.4. The number of hydrogen-bond acceptors (Lipinski definition) is 2. The predicted molar refractivity (Wildman–Crippen MR) is 80.2 cm³/mol. The molecule has 1 aromatic carbocycles. The Labute approximate surface area is 120 Å². The third-order valence-electron chi connectivity index (χ3n) is 3.08. The Bertz CT molecular complexity index is 420. The SMILES string of the molecule is CNCC(C)C(=O)N(Cc1cccc(Cl)c1)C(C)C. The average Bonchev–Trinajstić information content (AvgIpc) is 2.35. The number of halogens is 1. The summed E-state index contributed by atoms with van der Waals surface area (Å²) in [5.41, 5.74) is 1.06. The van der Waals surface area contributed by atoms with Gasteiger partial charge in [-0.05, 0) is 38.6 Å². The van der Waals surface area contributed by atoms with E-state index in [0.29, 0.717) is 18.1 Å². The molecule has 19 heavy (non-hydrogen) atoms. The van der Waals surface area contributed by atoms with Crippen molar-refractivity contribution in [1.82, 2.24) is 10.2 Å². The molecule has 106 valence electrons. The number of nitrogens with zero attached hydrogens (tertiary/aromatic N) is 1. The molecule has 1 aromatic rings. The first kappa shape index (κ1) is 16.0. The first-order valence-corrected chi connectivity index (χ1v) is 7.03. The van der Waals surface area contributed by atoms with Crippen LogP contribution in [0.3, 0.4) is 0 Å². The second-order valence-electron chi connectivity index (χ2n) is 5.15. The Morgan fingerprint density at radius 3 is 2.58 bits per heavy atom. The Hall–Kier alpha value is -1.06. The van der Waals surface area contributed by atoms with Crippen molar-refractivity contribution in [2.45, 2.75) is 33.4 Å². The number of benzene rings is 1. The number of rotatable bonds is 6. The van der Waals surface area contributed by atoms with Crippen LogP contribution in [-0.4, -0.2) is 30.4 Å². The van der Waals surface area contributed by atoms with Crippen molar-refractivity contribution in [3.05, 3.63) is 34.9 Å². The summed E-state index contributed by atoms with van der Waals surface area (Å²) in [5.74, 6) is 0.149. The summed E-state index contributed by atoms with van der Waals surface area (Å²) in [6.45, 7) is 7.32. The van der Waals surface area contributed by atoms with Crippen molar-refractivity contribution in [1.29, 1.82) is 0 Å². The van der Waals surface area contributed by atoms with Gasteiger partial charge in [-0.3, -0.25) is 4.79 Å². The van der Waals surface area contributed by atoms with E-state index in [-0.39, 0.29) is 17.9 Å². The first-order valence-electron chi connectivity index (χ1n) is 6.65. The van der Waals surface area contributed by atoms with Gasteiger partial charge >= 0.3 is 0 Å². The fraction of sp³-hybridized carbons (Fsp3) is 0.533. The molecular weight excluding hydrogens is 260 g/mol. The molecule has 1 unspecified atom stereocenters. The molecule has 0 saturated carbocycles. The van der Waals surface area contributed by atoms with E-state index in [1.165, 1.54) is 0 Å². The zero-order valence-electron chi connectivity index (χ0n) is 12.1. The van der Waals surface area contributed by atoms with Crippen LogP contribution < -0.4 is 5.32 Å². The van der Waals surface area contributed by atoms with Gasteiger partial charge < -0.3 is 10.2 Å². The van der Waals surface area contributed by atoms with Crippen LogP contribution in [0, 0.1) is 5.92 Å². The Morgan fingerprint density at radius 1 is 1.37 bits per heavy atom. The van der Waals surface area contributed by atoms with Gasteiger partial charge in [0, 0.05) is 30.1 Å². The number of nitrogens with one attached hydrogen (secondary N) is 1. The molecular formula is C15H23ClN2O. The van der Waals surface area contributed by atoms with Crippen molar-refractivity contribution in [2.24, 2.45) is 5.92 Å². The molecule has 0 spiro atoms. The minimum Gasteiger partial charge on any atom is -0.336 e. The highest BCUT2D eigenvalue weighted by Crippen LogP contribution is 2.16. The Morgan fingerprint density at radius 2 is 2.05 bits per heavy atom. The average molecular weight is 283 g/mol. The molecule has 1 N–H and O–H groups in total. The summed E-state index contributed by atoms with van der Waals surface area (Å²) >= 11 is 5.99. The summed E-state index contributed by atoms with van der Waals surface area (Å²) in [5, 5.41) is 3.75. The molecule has 1 amide bonds. The van der Waals surface area contributed by atoms with E-state index in [1.807, 2.05) is 57.0 Å². The molecule has 0 bridgehead atoms. The largest absolute Gasteiger partial charge is 0.336 e. The number of carbonyl (C=O) groups is 1. The normalized spacial score (nSPS) is 12.5. The van der Waals surface area contributed by atoms with Gasteiger partial charge in [0.25, 0.3) is 0 Å². The lowest BCUT2D eigenvalue weighted by Gasteiger charge is -2.29. The topological polar surface area (TPSA) is 32.3 Å². The molecule has 0 aromatic heterocycles. The lowest BCUT2D eigenvalue weighted by molar-refractivity contribution is -0.137. The highest BCUT2D eigenvalue weighted by molar-refractivity contribution is 6.30. The number of carbonyl (C=O) groups excluding carboxylic acids is 1. The van der Waals surface area contributed by atoms with Crippen LogP contribution >= 0.6 is 11.6 Å². The monoisotopic (exact) mass is 282 g/mol. The number of amides is 1. The van der Waals surface area contributed by atoms with E-state index in [9.17, 15) is 4.79 Å². The van der Waals surface area contributed by atoms with Crippen molar-refractivity contribution in [3.8, 4) is 0 Å². The zero-order chi connectivity index (χ0) is 14.4. The minimum atomic E-state index is -0.0217. The standard InChI is InChI=1S/C15H23ClN2O/c1-11(2)18(15(19)12(3)9-17-4)10-13-6-5-7-14(16)8-13/h5-8,11-12,17H,9-10H2,1-4H3. The van der Waals surface area contributed by atoms with Crippen molar-refractivity contribution in [2.75, 3.05) is 13.6 Å². The Kier molecular flexibility index (Phi) is 6.32. The zero-order valence-corrected chi connectivity index (χ0v) is 12.9. The molecule has 0 aliphatic rings. The molecule has 4 heteroatoms. The van der Waals surface area contributed by atoms with Crippen LogP contribution in [0.4, 0.5) is 0 Å². The van der Waals surface area contributed by atoms with Gasteiger partial charge in [0.2, 0.25) is 5.91 Å². The number of hydrogen-bond donors (Lipinski definition) is 1. The molecule has 0 radical (unpaired) electrons. The summed E-state index contributed by atoms with van der Waals surface area (Å²) < 4.78 is 0. The lowest BCUT2D eigenvalue weighted by Crippen LogP contribution is -2.42. The predicted octanol–water partition coefficient (Wildman–Crippen LogP) is 2.93. The molecule has 0 heterocycles. The van der Waals surface area contributed by atoms with Gasteiger partial charge in [-0.2, -0.15) is 0 Å². The van der Waals surface area contributed by atoms with Crippen LogP contribution in [0.25, 0.3) is 0 Å². The molecule has 0 aliphatic carbocycles. The van der Waals surface area contributed by atoms with Gasteiger partial charge in [-0.15, -0.1) is 0 Å². The van der Waals surface area contributed by atoms with E-state index >= 15 is 0 Å². The molecule has 1 atom stereocenters. The van der Waals surface area contributed by atoms with Crippen LogP contribution in [0.15, 0.2) is 24.3 Å². The highest BCUT2D eigenvalue weighted by atomic mass is 35.5. The van der Waals surface area contributed by atoms with Gasteiger partial charge in [0.15, 0.2) is 0 Å². The molecule has 3 nitrogen and oxygen atoms in total. The molecule has 1 rings (SSSR count). The van der Waals surface area contributed by atoms with Gasteiger partial charge in [0.1, 0.15) is 0 Å². The summed E-state index contributed by atoms with van der Waals surface area (Å²) in [6, 6.07) is 7.84. The molecule has 0 fully saturated rings. The van der Waals surface area contributed by atoms with E-state index in [4.69, 9.17) is 11.6 Å². The lowest BCUT2D eigenvalue weighted by atomic mass is 10.1. The summed E-state index contributed by atoms with van der Waals surface area (Å²) in [7, 11) is 1.86. The van der Waals surface area contributed by atoms with Crippen LogP contribution in [-0.2, 0) is 11.3 Å². The van der Waals surface area contributed by atoms with Gasteiger partial charge in [-0.25, -0.2) is 0 Å². The maximum Gasteiger partial charge on any atom is 0.227 e. The Balaban J connectivity index is 2.81. The van der Waals surface area contributed by atoms with E-state index < -0.39 is 0 Å². The van der Waals surface area contributed by atoms with Crippen LogP contribution in [0.5, 0.6) is 0 Å². The third kappa shape index (κ3) is 4.84. The second-order valence-corrected chi connectivity index (χ2v) is 5.58.